The van der Waals surface area contributed by atoms with Crippen molar-refractivity contribution in [3.8, 4) is 0 Å². The van der Waals surface area contributed by atoms with Gasteiger partial charge in [0.15, 0.2) is 0 Å². The van der Waals surface area contributed by atoms with Crippen molar-refractivity contribution < 1.29 is 9.90 Å². The Morgan fingerprint density at radius 1 is 1.03 bits per heavy atom. The Morgan fingerprint density at radius 3 is 2.37 bits per heavy atom. The minimum absolute atomic E-state index is 0.217. The number of rotatable bonds is 8. The van der Waals surface area contributed by atoms with Gasteiger partial charge in [-0.1, -0.05) is 53.9 Å². The lowest BCUT2D eigenvalue weighted by Gasteiger charge is -2.56. The maximum Gasteiger partial charge on any atom is 0.139 e. The van der Waals surface area contributed by atoms with E-state index >= 15 is 0 Å². The van der Waals surface area contributed by atoms with Crippen LogP contribution in [0.25, 0.3) is 0 Å². The number of Topliss-reactive ketones (excluding diaryl/α,β-unsaturated/α-hetero) is 1. The molecule has 174 valence electrons. The van der Waals surface area contributed by atoms with Crippen LogP contribution in [0.1, 0.15) is 119 Å². The summed E-state index contributed by atoms with van der Waals surface area (Å²) < 4.78 is 0. The van der Waals surface area contributed by atoms with Crippen molar-refractivity contribution in [1.82, 2.24) is 0 Å². The van der Waals surface area contributed by atoms with Crippen molar-refractivity contribution in [2.45, 2.75) is 125 Å². The molecule has 0 aromatic heterocycles. The molecule has 0 aliphatic heterocycles. The molecule has 0 saturated heterocycles. The Bertz CT molecular complexity index is 602. The van der Waals surface area contributed by atoms with Gasteiger partial charge in [0.05, 0.1) is 5.60 Å². The molecule has 2 nitrogen and oxygen atoms in total. The Labute approximate surface area is 187 Å². The molecule has 3 fully saturated rings. The Hall–Kier alpha value is -0.370. The molecule has 3 aliphatic rings. The Balaban J connectivity index is 1.73. The zero-order valence-electron chi connectivity index (χ0n) is 21.1. The average molecular weight is 419 g/mol. The molecule has 3 saturated carbocycles. The van der Waals surface area contributed by atoms with E-state index < -0.39 is 5.60 Å². The van der Waals surface area contributed by atoms with Crippen LogP contribution in [0.3, 0.4) is 0 Å². The predicted octanol–water partition coefficient (Wildman–Crippen LogP) is 7.43. The molecule has 0 radical (unpaired) electrons. The van der Waals surface area contributed by atoms with Crippen molar-refractivity contribution >= 4 is 5.78 Å². The lowest BCUT2D eigenvalue weighted by atomic mass is 9.47. The molecule has 0 aromatic carbocycles. The summed E-state index contributed by atoms with van der Waals surface area (Å²) in [5.74, 6) is 5.07. The van der Waals surface area contributed by atoms with E-state index in [1.165, 1.54) is 44.9 Å². The highest BCUT2D eigenvalue weighted by molar-refractivity contribution is 5.85. The van der Waals surface area contributed by atoms with Crippen LogP contribution in [0.2, 0.25) is 0 Å². The quantitative estimate of drug-likeness (QED) is 0.445. The van der Waals surface area contributed by atoms with Crippen LogP contribution in [0.5, 0.6) is 0 Å². The van der Waals surface area contributed by atoms with Crippen LogP contribution in [0.15, 0.2) is 0 Å². The first-order valence-corrected chi connectivity index (χ1v) is 13.1. The van der Waals surface area contributed by atoms with Gasteiger partial charge >= 0.3 is 0 Å². The molecule has 0 bridgehead atoms. The van der Waals surface area contributed by atoms with E-state index in [4.69, 9.17) is 0 Å². The van der Waals surface area contributed by atoms with E-state index in [2.05, 4.69) is 34.6 Å². The lowest BCUT2D eigenvalue weighted by Crippen LogP contribution is -2.53. The van der Waals surface area contributed by atoms with E-state index in [0.717, 1.165) is 55.3 Å². The second-order valence-electron chi connectivity index (χ2n) is 13.1. The first-order valence-electron chi connectivity index (χ1n) is 13.1. The number of fused-ring (bicyclic) bond motifs is 3. The Morgan fingerprint density at radius 2 is 1.73 bits per heavy atom. The summed E-state index contributed by atoms with van der Waals surface area (Å²) in [6, 6.07) is 0. The van der Waals surface area contributed by atoms with Gasteiger partial charge in [-0.3, -0.25) is 4.79 Å². The van der Waals surface area contributed by atoms with Crippen molar-refractivity contribution in [3.63, 3.8) is 0 Å². The molecule has 0 spiro atoms. The molecule has 0 unspecified atom stereocenters. The van der Waals surface area contributed by atoms with Gasteiger partial charge < -0.3 is 5.11 Å². The second kappa shape index (κ2) is 8.87. The highest BCUT2D eigenvalue weighted by Gasteiger charge is 2.59. The average Bonchev–Trinajstić information content (AvgIpc) is 2.99. The van der Waals surface area contributed by atoms with E-state index in [9.17, 15) is 9.90 Å². The maximum atomic E-state index is 13.1. The zero-order chi connectivity index (χ0) is 22.3. The normalized spacial score (nSPS) is 40.4. The van der Waals surface area contributed by atoms with Crippen LogP contribution in [-0.2, 0) is 4.79 Å². The standard InChI is InChI=1S/C28H50O2/c1-19(2)9-8-10-20(3)22-12-13-23-21-11-14-25(29)28(7,18-17-26(4,5)30)24(21)15-16-27(22,23)6/h19-24,30H,8-18H2,1-7H3/t20-,21+,22-,23+,24+,27-,28-/m1/s1. The van der Waals surface area contributed by atoms with E-state index in [1.807, 2.05) is 13.8 Å². The SMILES string of the molecule is CC(C)CCC[C@@H](C)[C@H]1CC[C@H]2[C@@H]3CCC(=O)[C@](C)(CCC(C)(C)O)[C@H]3CC[C@]12C. The fraction of sp³-hybridized carbons (Fsp3) is 0.964. The first kappa shape index (κ1) is 24.3. The molecule has 0 heterocycles. The molecular formula is C28H50O2. The molecule has 30 heavy (non-hydrogen) atoms. The molecular weight excluding hydrogens is 368 g/mol. The zero-order valence-corrected chi connectivity index (χ0v) is 21.1. The second-order valence-corrected chi connectivity index (χ2v) is 13.1. The fourth-order valence-electron chi connectivity index (χ4n) is 8.19. The summed E-state index contributed by atoms with van der Waals surface area (Å²) in [6.45, 7) is 15.9. The molecule has 3 rings (SSSR count). The van der Waals surface area contributed by atoms with Gasteiger partial charge in [0.1, 0.15) is 5.78 Å². The van der Waals surface area contributed by atoms with Gasteiger partial charge in [0.2, 0.25) is 0 Å². The van der Waals surface area contributed by atoms with E-state index in [-0.39, 0.29) is 5.41 Å². The molecule has 2 heteroatoms. The van der Waals surface area contributed by atoms with Gasteiger partial charge in [0, 0.05) is 11.8 Å². The minimum atomic E-state index is -0.677. The monoisotopic (exact) mass is 418 g/mol. The number of carbonyl (C=O) groups is 1. The van der Waals surface area contributed by atoms with Gasteiger partial charge in [0.25, 0.3) is 0 Å². The third kappa shape index (κ3) is 4.69. The van der Waals surface area contributed by atoms with Crippen LogP contribution in [0.4, 0.5) is 0 Å². The summed E-state index contributed by atoms with van der Waals surface area (Å²) >= 11 is 0. The third-order valence-electron chi connectivity index (χ3n) is 10.1. The summed E-state index contributed by atoms with van der Waals surface area (Å²) in [6.07, 6.45) is 12.9. The first-order chi connectivity index (χ1) is 13.9. The van der Waals surface area contributed by atoms with Crippen molar-refractivity contribution in [1.29, 1.82) is 0 Å². The van der Waals surface area contributed by atoms with Crippen LogP contribution in [-0.4, -0.2) is 16.5 Å². The number of ketones is 1. The smallest absolute Gasteiger partial charge is 0.139 e. The van der Waals surface area contributed by atoms with Crippen LogP contribution < -0.4 is 0 Å². The fourth-order valence-corrected chi connectivity index (χ4v) is 8.19. The van der Waals surface area contributed by atoms with Crippen molar-refractivity contribution in [2.24, 2.45) is 46.3 Å². The van der Waals surface area contributed by atoms with E-state index in [1.54, 1.807) is 0 Å². The number of aliphatic hydroxyl groups is 1. The largest absolute Gasteiger partial charge is 0.390 e. The highest BCUT2D eigenvalue weighted by atomic mass is 16.3. The van der Waals surface area contributed by atoms with Gasteiger partial charge in [-0.15, -0.1) is 0 Å². The molecule has 3 aliphatic carbocycles. The molecule has 7 atom stereocenters. The molecule has 0 aromatic rings. The van der Waals surface area contributed by atoms with Gasteiger partial charge in [-0.25, -0.2) is 0 Å². The molecule has 1 N–H and O–H groups in total. The van der Waals surface area contributed by atoms with E-state index in [0.29, 0.717) is 17.1 Å². The summed E-state index contributed by atoms with van der Waals surface area (Å²) in [7, 11) is 0. The number of carbonyl (C=O) groups excluding carboxylic acids is 1. The van der Waals surface area contributed by atoms with Crippen LogP contribution in [0, 0.1) is 46.3 Å². The molecule has 0 amide bonds. The topological polar surface area (TPSA) is 37.3 Å². The summed E-state index contributed by atoms with van der Waals surface area (Å²) in [5, 5.41) is 10.3. The maximum absolute atomic E-state index is 13.1. The lowest BCUT2D eigenvalue weighted by molar-refractivity contribution is -0.147. The number of hydrogen-bond acceptors (Lipinski definition) is 2. The van der Waals surface area contributed by atoms with Gasteiger partial charge in [-0.05, 0) is 99.7 Å². The highest BCUT2D eigenvalue weighted by Crippen LogP contribution is 2.66. The Kier molecular flexibility index (Phi) is 7.18. The summed E-state index contributed by atoms with van der Waals surface area (Å²) in [5.41, 5.74) is -0.412. The predicted molar refractivity (Wildman–Crippen MR) is 126 cm³/mol. The minimum Gasteiger partial charge on any atom is -0.390 e. The van der Waals surface area contributed by atoms with Crippen molar-refractivity contribution in [2.75, 3.05) is 0 Å². The van der Waals surface area contributed by atoms with Crippen molar-refractivity contribution in [3.05, 3.63) is 0 Å². The number of hydrogen-bond donors (Lipinski definition) is 1. The van der Waals surface area contributed by atoms with Crippen LogP contribution >= 0.6 is 0 Å². The third-order valence-corrected chi connectivity index (χ3v) is 10.1. The summed E-state index contributed by atoms with van der Waals surface area (Å²) in [4.78, 5) is 13.1. The van der Waals surface area contributed by atoms with Gasteiger partial charge in [-0.2, -0.15) is 0 Å².